The Morgan fingerprint density at radius 3 is 2.29 bits per heavy atom. The summed E-state index contributed by atoms with van der Waals surface area (Å²) in [6, 6.07) is 16.2. The summed E-state index contributed by atoms with van der Waals surface area (Å²) in [5, 5.41) is 9.08. The molecular weight excluding hydrogens is 497 g/mol. The highest BCUT2D eigenvalue weighted by atomic mass is 19.4. The van der Waals surface area contributed by atoms with Gasteiger partial charge >= 0.3 is 12.1 Å². The third kappa shape index (κ3) is 9.72. The van der Waals surface area contributed by atoms with E-state index >= 15 is 0 Å². The number of guanidine groups is 1. The fourth-order valence-electron chi connectivity index (χ4n) is 3.31. The molecule has 11 heteroatoms. The van der Waals surface area contributed by atoms with Crippen LogP contribution in [0.1, 0.15) is 37.6 Å². The Kier molecular flexibility index (Phi) is 9.27. The van der Waals surface area contributed by atoms with E-state index in [4.69, 9.17) is 4.74 Å². The molecule has 0 spiro atoms. The zero-order valence-corrected chi connectivity index (χ0v) is 21.7. The molecule has 202 valence electrons. The lowest BCUT2D eigenvalue weighted by Gasteiger charge is -2.19. The van der Waals surface area contributed by atoms with Crippen molar-refractivity contribution >= 4 is 29.4 Å². The van der Waals surface area contributed by atoms with Crippen molar-refractivity contribution in [1.82, 2.24) is 9.97 Å². The SMILES string of the molecule is Cc1cc(NCCc2ccccc2)nc(NC(=NCC(=O)OC(C)(C)C)Nc2ccc(C(F)(F)F)cc2)n1. The standard InChI is InChI=1S/C27H31F3N6O2/c1-18-16-22(31-15-14-19-8-6-5-7-9-19)35-25(33-18)36-24(32-17-23(37)38-26(2,3)4)34-21-12-10-20(11-13-21)27(28,29)30/h5-13,16H,14-15,17H2,1-4H3,(H3,31,32,33,34,35,36). The van der Waals surface area contributed by atoms with Gasteiger partial charge in [0.15, 0.2) is 0 Å². The Bertz CT molecular complexity index is 1240. The number of carbonyl (C=O) groups excluding carboxylic acids is 1. The van der Waals surface area contributed by atoms with Crippen molar-refractivity contribution in [2.75, 3.05) is 29.0 Å². The number of anilines is 3. The molecule has 0 unspecified atom stereocenters. The van der Waals surface area contributed by atoms with E-state index in [1.165, 1.54) is 17.7 Å². The molecular formula is C27H31F3N6O2. The van der Waals surface area contributed by atoms with E-state index in [0.717, 1.165) is 18.6 Å². The largest absolute Gasteiger partial charge is 0.459 e. The number of hydrogen-bond acceptors (Lipinski definition) is 6. The van der Waals surface area contributed by atoms with Gasteiger partial charge in [0.1, 0.15) is 18.0 Å². The lowest BCUT2D eigenvalue weighted by Crippen LogP contribution is -2.28. The predicted octanol–water partition coefficient (Wildman–Crippen LogP) is 5.68. The van der Waals surface area contributed by atoms with Crippen molar-refractivity contribution in [1.29, 1.82) is 0 Å². The summed E-state index contributed by atoms with van der Waals surface area (Å²) in [6.07, 6.45) is -3.66. The number of esters is 1. The smallest absolute Gasteiger partial charge is 0.416 e. The van der Waals surface area contributed by atoms with Gasteiger partial charge in [0.05, 0.1) is 5.56 Å². The number of aliphatic imine (C=N–C) groups is 1. The molecule has 3 aromatic rings. The maximum atomic E-state index is 12.9. The number of halogens is 3. The monoisotopic (exact) mass is 528 g/mol. The molecule has 3 rings (SSSR count). The lowest BCUT2D eigenvalue weighted by molar-refractivity contribution is -0.152. The van der Waals surface area contributed by atoms with Crippen LogP contribution in [0.2, 0.25) is 0 Å². The summed E-state index contributed by atoms with van der Waals surface area (Å²) in [6.45, 7) is 7.32. The van der Waals surface area contributed by atoms with Crippen LogP contribution in [0, 0.1) is 6.92 Å². The second kappa shape index (κ2) is 12.4. The van der Waals surface area contributed by atoms with Crippen LogP contribution in [0.25, 0.3) is 0 Å². The van der Waals surface area contributed by atoms with Crippen LogP contribution in [0.3, 0.4) is 0 Å². The number of hydrogen-bond donors (Lipinski definition) is 3. The molecule has 0 saturated carbocycles. The number of aryl methyl sites for hydroxylation is 1. The normalized spacial score (nSPS) is 12.1. The Hall–Kier alpha value is -4.15. The van der Waals surface area contributed by atoms with Gasteiger partial charge in [0.2, 0.25) is 11.9 Å². The highest BCUT2D eigenvalue weighted by Crippen LogP contribution is 2.29. The number of nitrogens with zero attached hydrogens (tertiary/aromatic N) is 3. The summed E-state index contributed by atoms with van der Waals surface area (Å²) in [7, 11) is 0. The molecule has 0 aliphatic rings. The summed E-state index contributed by atoms with van der Waals surface area (Å²) < 4.78 is 44.1. The van der Waals surface area contributed by atoms with E-state index < -0.39 is 23.3 Å². The van der Waals surface area contributed by atoms with E-state index in [0.29, 0.717) is 23.7 Å². The van der Waals surface area contributed by atoms with Crippen LogP contribution in [0.5, 0.6) is 0 Å². The number of nitrogens with one attached hydrogen (secondary N) is 3. The average Bonchev–Trinajstić information content (AvgIpc) is 2.82. The van der Waals surface area contributed by atoms with Crippen LogP contribution >= 0.6 is 0 Å². The van der Waals surface area contributed by atoms with Gasteiger partial charge < -0.3 is 15.4 Å². The molecule has 0 atom stereocenters. The van der Waals surface area contributed by atoms with Crippen LogP contribution in [-0.4, -0.2) is 40.6 Å². The summed E-state index contributed by atoms with van der Waals surface area (Å²) in [5.41, 5.74) is 0.701. The number of rotatable bonds is 8. The molecule has 38 heavy (non-hydrogen) atoms. The molecule has 0 aliphatic carbocycles. The first-order valence-corrected chi connectivity index (χ1v) is 12.0. The molecule has 2 aromatic carbocycles. The molecule has 8 nitrogen and oxygen atoms in total. The zero-order valence-electron chi connectivity index (χ0n) is 21.7. The molecule has 0 aliphatic heterocycles. The highest BCUT2D eigenvalue weighted by Gasteiger charge is 2.30. The number of ether oxygens (including phenoxy) is 1. The molecule has 0 fully saturated rings. The van der Waals surface area contributed by atoms with Crippen LogP contribution in [0.4, 0.5) is 30.6 Å². The minimum absolute atomic E-state index is 0.0662. The van der Waals surface area contributed by atoms with Gasteiger partial charge in [-0.05, 0) is 63.9 Å². The predicted molar refractivity (Wildman–Crippen MR) is 142 cm³/mol. The maximum absolute atomic E-state index is 12.9. The Morgan fingerprint density at radius 1 is 0.974 bits per heavy atom. The Morgan fingerprint density at radius 2 is 1.66 bits per heavy atom. The summed E-state index contributed by atoms with van der Waals surface area (Å²) >= 11 is 0. The van der Waals surface area contributed by atoms with Gasteiger partial charge in [0.25, 0.3) is 0 Å². The van der Waals surface area contributed by atoms with Gasteiger partial charge in [-0.2, -0.15) is 18.2 Å². The first kappa shape index (κ1) is 28.4. The molecule has 0 amide bonds. The second-order valence-electron chi connectivity index (χ2n) is 9.46. The van der Waals surface area contributed by atoms with E-state index in [1.54, 1.807) is 33.8 Å². The quantitative estimate of drug-likeness (QED) is 0.196. The first-order chi connectivity index (χ1) is 17.9. The Labute approximate surface area is 219 Å². The van der Waals surface area contributed by atoms with Gasteiger partial charge in [-0.1, -0.05) is 30.3 Å². The third-order valence-electron chi connectivity index (χ3n) is 4.91. The molecule has 1 aromatic heterocycles. The maximum Gasteiger partial charge on any atom is 0.416 e. The third-order valence-corrected chi connectivity index (χ3v) is 4.91. The fraction of sp³-hybridized carbons (Fsp3) is 0.333. The van der Waals surface area contributed by atoms with E-state index in [2.05, 4.69) is 30.9 Å². The highest BCUT2D eigenvalue weighted by molar-refractivity contribution is 6.03. The zero-order chi connectivity index (χ0) is 27.8. The summed E-state index contributed by atoms with van der Waals surface area (Å²) in [4.78, 5) is 25.3. The molecule has 0 radical (unpaired) electrons. The van der Waals surface area contributed by atoms with Crippen molar-refractivity contribution in [2.24, 2.45) is 4.99 Å². The number of aromatic nitrogens is 2. The summed E-state index contributed by atoms with van der Waals surface area (Å²) in [5.74, 6) is 0.266. The van der Waals surface area contributed by atoms with E-state index in [-0.39, 0.29) is 18.5 Å². The number of benzene rings is 2. The minimum Gasteiger partial charge on any atom is -0.459 e. The van der Waals surface area contributed by atoms with Crippen LogP contribution in [-0.2, 0) is 22.1 Å². The fourth-order valence-corrected chi connectivity index (χ4v) is 3.31. The lowest BCUT2D eigenvalue weighted by atomic mass is 10.1. The van der Waals surface area contributed by atoms with Gasteiger partial charge in [0, 0.05) is 24.0 Å². The van der Waals surface area contributed by atoms with Crippen molar-refractivity contribution < 1.29 is 22.7 Å². The Balaban J connectivity index is 1.76. The van der Waals surface area contributed by atoms with Crippen molar-refractivity contribution in [3.63, 3.8) is 0 Å². The van der Waals surface area contributed by atoms with Gasteiger partial charge in [-0.25, -0.2) is 9.98 Å². The minimum atomic E-state index is -4.45. The van der Waals surface area contributed by atoms with E-state index in [9.17, 15) is 18.0 Å². The topological polar surface area (TPSA) is 101 Å². The molecule has 3 N–H and O–H groups in total. The van der Waals surface area contributed by atoms with Crippen LogP contribution < -0.4 is 16.0 Å². The first-order valence-electron chi connectivity index (χ1n) is 12.0. The molecule has 0 bridgehead atoms. The van der Waals surface area contributed by atoms with Crippen molar-refractivity contribution in [3.05, 3.63) is 77.5 Å². The molecule has 0 saturated heterocycles. The van der Waals surface area contributed by atoms with E-state index in [1.807, 2.05) is 30.3 Å². The number of carbonyl (C=O) groups is 1. The van der Waals surface area contributed by atoms with Gasteiger partial charge in [-0.15, -0.1) is 0 Å². The molecule has 1 heterocycles. The second-order valence-corrected chi connectivity index (χ2v) is 9.46. The number of alkyl halides is 3. The van der Waals surface area contributed by atoms with Gasteiger partial charge in [-0.3, -0.25) is 10.1 Å². The van der Waals surface area contributed by atoms with Crippen LogP contribution in [0.15, 0.2) is 65.7 Å². The van der Waals surface area contributed by atoms with Crippen molar-refractivity contribution in [3.8, 4) is 0 Å². The van der Waals surface area contributed by atoms with Crippen molar-refractivity contribution in [2.45, 2.75) is 45.9 Å². The average molecular weight is 529 g/mol.